The monoisotopic (exact) mass is 717 g/mol. The zero-order valence-electron chi connectivity index (χ0n) is 30.5. The lowest BCUT2D eigenvalue weighted by Gasteiger charge is -2.18. The zero-order chi connectivity index (χ0) is 37.0. The quantitative estimate of drug-likeness (QED) is 0.172. The molecule has 3 aromatic heterocycles. The van der Waals surface area contributed by atoms with Crippen LogP contribution < -0.4 is 0 Å². The number of aromatic nitrogens is 5. The Kier molecular flexibility index (Phi) is 7.56. The zero-order valence-corrected chi connectivity index (χ0v) is 30.5. The summed E-state index contributed by atoms with van der Waals surface area (Å²) in [6.45, 7) is 0. The molecule has 0 unspecified atom stereocenters. The third-order valence-corrected chi connectivity index (χ3v) is 11.0. The van der Waals surface area contributed by atoms with Gasteiger partial charge in [0.25, 0.3) is 0 Å². The highest BCUT2D eigenvalue weighted by Gasteiger charge is 2.29. The van der Waals surface area contributed by atoms with Gasteiger partial charge in [-0.3, -0.25) is 4.57 Å². The fourth-order valence-corrected chi connectivity index (χ4v) is 8.61. The minimum atomic E-state index is 0.581. The van der Waals surface area contributed by atoms with Gasteiger partial charge in [0.05, 0.1) is 22.1 Å². The number of rotatable bonds is 6. The van der Waals surface area contributed by atoms with Crippen molar-refractivity contribution in [3.63, 3.8) is 0 Å². The van der Waals surface area contributed by atoms with Crippen molar-refractivity contribution in [2.45, 2.75) is 12.8 Å². The standard InChI is InChI=1S/C51H35N5/c1-6-20-34(21-7-1)43-45-39-30-16-18-32-41(39)55(38-28-14-5-15-29-38)47(45)44(35-22-8-2-9-23-35)48-46(43)40-31-17-19-33-42(40)56(48)51-53-49(36-24-10-3-11-25-36)52-50(54-51)37-26-12-4-13-27-37/h1-3,5-12,14-33H,4,13H2. The second-order valence-corrected chi connectivity index (χ2v) is 14.3. The maximum atomic E-state index is 5.38. The number of nitrogens with zero attached hydrogens (tertiary/aromatic N) is 5. The summed E-state index contributed by atoms with van der Waals surface area (Å²) in [6, 6.07) is 60.3. The average molecular weight is 718 g/mol. The molecule has 11 rings (SSSR count). The van der Waals surface area contributed by atoms with Crippen LogP contribution in [-0.4, -0.2) is 24.1 Å². The number of benzene rings is 7. The molecule has 0 aliphatic heterocycles. The summed E-state index contributed by atoms with van der Waals surface area (Å²) < 4.78 is 4.75. The first-order valence-corrected chi connectivity index (χ1v) is 19.2. The van der Waals surface area contributed by atoms with Gasteiger partial charge in [0.1, 0.15) is 0 Å². The van der Waals surface area contributed by atoms with Crippen LogP contribution >= 0.6 is 0 Å². The topological polar surface area (TPSA) is 48.5 Å². The van der Waals surface area contributed by atoms with E-state index in [1.54, 1.807) is 0 Å². The lowest BCUT2D eigenvalue weighted by Crippen LogP contribution is -2.09. The van der Waals surface area contributed by atoms with Crippen molar-refractivity contribution in [2.24, 2.45) is 0 Å². The van der Waals surface area contributed by atoms with E-state index < -0.39 is 0 Å². The normalized spacial score (nSPS) is 12.9. The fraction of sp³-hybridized carbons (Fsp3) is 0.0392. The second-order valence-electron chi connectivity index (χ2n) is 14.3. The summed E-state index contributed by atoms with van der Waals surface area (Å²) in [5.41, 5.74) is 12.0. The Hall–Kier alpha value is -7.37. The molecule has 0 saturated heterocycles. The van der Waals surface area contributed by atoms with E-state index in [9.17, 15) is 0 Å². The van der Waals surface area contributed by atoms with Crippen LogP contribution in [0.4, 0.5) is 0 Å². The highest BCUT2D eigenvalue weighted by atomic mass is 15.2. The van der Waals surface area contributed by atoms with Gasteiger partial charge >= 0.3 is 0 Å². The fourth-order valence-electron chi connectivity index (χ4n) is 8.61. The van der Waals surface area contributed by atoms with E-state index in [0.29, 0.717) is 17.6 Å². The van der Waals surface area contributed by atoms with Gasteiger partial charge in [-0.1, -0.05) is 164 Å². The number of hydrogen-bond acceptors (Lipinski definition) is 3. The smallest absolute Gasteiger partial charge is 0.238 e. The summed E-state index contributed by atoms with van der Waals surface area (Å²) >= 11 is 0. The molecule has 10 aromatic rings. The van der Waals surface area contributed by atoms with Crippen LogP contribution in [0.1, 0.15) is 18.7 Å². The minimum Gasteiger partial charge on any atom is -0.309 e. The molecule has 0 bridgehead atoms. The average Bonchev–Trinajstić information content (AvgIpc) is 3.80. The van der Waals surface area contributed by atoms with Crippen molar-refractivity contribution in [2.75, 3.05) is 0 Å². The van der Waals surface area contributed by atoms with Crippen LogP contribution in [0.15, 0.2) is 188 Å². The lowest BCUT2D eigenvalue weighted by atomic mass is 9.89. The number of allylic oxidation sites excluding steroid dienone is 4. The molecule has 3 heterocycles. The van der Waals surface area contributed by atoms with Crippen molar-refractivity contribution in [1.29, 1.82) is 0 Å². The Balaban J connectivity index is 1.42. The van der Waals surface area contributed by atoms with E-state index in [-0.39, 0.29) is 0 Å². The number of fused-ring (bicyclic) bond motifs is 6. The van der Waals surface area contributed by atoms with Crippen molar-refractivity contribution in [3.05, 3.63) is 194 Å². The minimum absolute atomic E-state index is 0.581. The van der Waals surface area contributed by atoms with Crippen molar-refractivity contribution in [3.8, 4) is 45.3 Å². The van der Waals surface area contributed by atoms with Crippen LogP contribution in [0.2, 0.25) is 0 Å². The predicted octanol–water partition coefficient (Wildman–Crippen LogP) is 12.8. The maximum absolute atomic E-state index is 5.38. The van der Waals surface area contributed by atoms with Crippen LogP contribution in [0.25, 0.3) is 94.5 Å². The highest BCUT2D eigenvalue weighted by molar-refractivity contribution is 6.33. The summed E-state index contributed by atoms with van der Waals surface area (Å²) in [6.07, 6.45) is 8.55. The summed E-state index contributed by atoms with van der Waals surface area (Å²) in [5.74, 6) is 1.89. The first kappa shape index (κ1) is 32.1. The van der Waals surface area contributed by atoms with Crippen molar-refractivity contribution in [1.82, 2.24) is 24.1 Å². The Labute approximate surface area is 324 Å². The molecule has 7 aromatic carbocycles. The van der Waals surface area contributed by atoms with Gasteiger partial charge in [0.2, 0.25) is 5.95 Å². The SMILES string of the molecule is C1=CC(c2nc(-c3ccccc3)nc(-n3c4ccccc4c4c(-c5ccccc5)c5c6ccccc6n(-c6ccccc6)c5c(-c5ccccc5)c43)n2)=CCC1. The Morgan fingerprint density at radius 1 is 0.411 bits per heavy atom. The van der Waals surface area contributed by atoms with E-state index >= 15 is 0 Å². The van der Waals surface area contributed by atoms with Crippen LogP contribution in [0.5, 0.6) is 0 Å². The second kappa shape index (κ2) is 13.2. The molecule has 56 heavy (non-hydrogen) atoms. The van der Waals surface area contributed by atoms with Crippen molar-refractivity contribution < 1.29 is 0 Å². The molecule has 0 fully saturated rings. The molecule has 0 saturated carbocycles. The Morgan fingerprint density at radius 2 is 0.911 bits per heavy atom. The van der Waals surface area contributed by atoms with Crippen LogP contribution in [0, 0.1) is 0 Å². The van der Waals surface area contributed by atoms with Gasteiger partial charge < -0.3 is 4.57 Å². The molecule has 0 amide bonds. The molecule has 1 aliphatic rings. The van der Waals surface area contributed by atoms with Gasteiger partial charge in [-0.15, -0.1) is 0 Å². The van der Waals surface area contributed by atoms with E-state index in [2.05, 4.69) is 179 Å². The highest BCUT2D eigenvalue weighted by Crippen LogP contribution is 2.51. The van der Waals surface area contributed by atoms with Crippen LogP contribution in [-0.2, 0) is 0 Å². The molecule has 264 valence electrons. The number of para-hydroxylation sites is 3. The van der Waals surface area contributed by atoms with Gasteiger partial charge in [-0.25, -0.2) is 4.98 Å². The van der Waals surface area contributed by atoms with E-state index in [4.69, 9.17) is 15.0 Å². The molecule has 0 radical (unpaired) electrons. The van der Waals surface area contributed by atoms with Crippen LogP contribution in [0.3, 0.4) is 0 Å². The van der Waals surface area contributed by atoms with Crippen molar-refractivity contribution >= 4 is 49.2 Å². The molecule has 5 heteroatoms. The summed E-state index contributed by atoms with van der Waals surface area (Å²) in [5, 5.41) is 4.71. The first-order valence-electron chi connectivity index (χ1n) is 19.2. The molecule has 0 atom stereocenters. The molecule has 0 N–H and O–H groups in total. The molecule has 5 nitrogen and oxygen atoms in total. The van der Waals surface area contributed by atoms with Gasteiger partial charge in [0.15, 0.2) is 11.6 Å². The number of hydrogen-bond donors (Lipinski definition) is 0. The van der Waals surface area contributed by atoms with Gasteiger partial charge in [-0.2, -0.15) is 9.97 Å². The Morgan fingerprint density at radius 3 is 1.52 bits per heavy atom. The molecular weight excluding hydrogens is 683 g/mol. The maximum Gasteiger partial charge on any atom is 0.238 e. The lowest BCUT2D eigenvalue weighted by molar-refractivity contribution is 0.928. The van der Waals surface area contributed by atoms with E-state index in [1.807, 2.05) is 18.2 Å². The first-order chi connectivity index (χ1) is 27.8. The van der Waals surface area contributed by atoms with E-state index in [1.165, 1.54) is 16.3 Å². The van der Waals surface area contributed by atoms with E-state index in [0.717, 1.165) is 79.2 Å². The molecular formula is C51H35N5. The summed E-state index contributed by atoms with van der Waals surface area (Å²) in [4.78, 5) is 15.9. The largest absolute Gasteiger partial charge is 0.309 e. The van der Waals surface area contributed by atoms with Gasteiger partial charge in [0, 0.05) is 49.5 Å². The third kappa shape index (κ3) is 5.05. The predicted molar refractivity (Wildman–Crippen MR) is 231 cm³/mol. The molecule has 1 aliphatic carbocycles. The molecule has 0 spiro atoms. The van der Waals surface area contributed by atoms with Gasteiger partial charge in [-0.05, 0) is 48.2 Å². The Bertz CT molecular complexity index is 3160. The third-order valence-electron chi connectivity index (χ3n) is 11.0. The summed E-state index contributed by atoms with van der Waals surface area (Å²) in [7, 11) is 0.